The summed E-state index contributed by atoms with van der Waals surface area (Å²) < 4.78 is 0. The lowest BCUT2D eigenvalue weighted by Gasteiger charge is -2.25. The van der Waals surface area contributed by atoms with E-state index in [1.807, 2.05) is 60.6 Å². The van der Waals surface area contributed by atoms with E-state index in [4.69, 9.17) is 0 Å². The molecular formula is C27H37N. The van der Waals surface area contributed by atoms with Crippen molar-refractivity contribution in [3.63, 3.8) is 0 Å². The molecule has 1 nitrogen and oxygen atoms in total. The van der Waals surface area contributed by atoms with Crippen molar-refractivity contribution in [2.75, 3.05) is 4.90 Å². The average molecular weight is 376 g/mol. The second-order valence-electron chi connectivity index (χ2n) is 5.10. The maximum Gasteiger partial charge on any atom is 0.0462 e. The highest BCUT2D eigenvalue weighted by Gasteiger charge is 2.10. The first-order valence-electron chi connectivity index (χ1n) is 10.5. The highest BCUT2D eigenvalue weighted by molar-refractivity contribution is 5.76. The predicted octanol–water partition coefficient (Wildman–Crippen LogP) is 9.27. The molecule has 3 aromatic rings. The normalized spacial score (nSPS) is 9.11. The summed E-state index contributed by atoms with van der Waals surface area (Å²) in [6, 6.07) is 29.5. The summed E-state index contributed by atoms with van der Waals surface area (Å²) in [6.07, 6.45) is 4.17. The molecule has 1 heteroatoms. The van der Waals surface area contributed by atoms with Crippen molar-refractivity contribution in [3.05, 3.63) is 96.6 Å². The van der Waals surface area contributed by atoms with E-state index in [0.717, 1.165) is 17.1 Å². The Bertz CT molecular complexity index is 689. The Morgan fingerprint density at radius 2 is 0.857 bits per heavy atom. The molecule has 0 N–H and O–H groups in total. The van der Waals surface area contributed by atoms with Gasteiger partial charge >= 0.3 is 0 Å². The summed E-state index contributed by atoms with van der Waals surface area (Å²) in [5.74, 6) is 0. The lowest BCUT2D eigenvalue weighted by molar-refractivity contribution is 1.28. The van der Waals surface area contributed by atoms with Crippen LogP contribution in [0.1, 0.15) is 54.0 Å². The van der Waals surface area contributed by atoms with Gasteiger partial charge in [-0.3, -0.25) is 0 Å². The monoisotopic (exact) mass is 375 g/mol. The Labute approximate surface area is 173 Å². The molecule has 0 saturated heterocycles. The molecule has 0 bridgehead atoms. The van der Waals surface area contributed by atoms with Gasteiger partial charge in [0.15, 0.2) is 0 Å². The Balaban J connectivity index is 0.00000111. The second kappa shape index (κ2) is 16.4. The van der Waals surface area contributed by atoms with Crippen LogP contribution in [0.3, 0.4) is 0 Å². The quantitative estimate of drug-likeness (QED) is 0.439. The molecule has 0 aliphatic carbocycles. The summed E-state index contributed by atoms with van der Waals surface area (Å²) in [5, 5.41) is 0. The lowest BCUT2D eigenvalue weighted by Crippen LogP contribution is -2.09. The fourth-order valence-corrected chi connectivity index (χ4v) is 2.53. The minimum Gasteiger partial charge on any atom is -0.311 e. The highest BCUT2D eigenvalue weighted by atomic mass is 15.1. The second-order valence-corrected chi connectivity index (χ2v) is 5.10. The number of hydrogen-bond acceptors (Lipinski definition) is 1. The molecule has 0 aliphatic heterocycles. The highest BCUT2D eigenvalue weighted by Crippen LogP contribution is 2.34. The van der Waals surface area contributed by atoms with Crippen LogP contribution < -0.4 is 4.90 Å². The van der Waals surface area contributed by atoms with Crippen molar-refractivity contribution in [3.8, 4) is 0 Å². The molecule has 0 saturated carbocycles. The van der Waals surface area contributed by atoms with Gasteiger partial charge in [-0.1, -0.05) is 102 Å². The molecule has 0 spiro atoms. The maximum absolute atomic E-state index is 2.26. The summed E-state index contributed by atoms with van der Waals surface area (Å²) in [5.41, 5.74) is 4.69. The fourth-order valence-electron chi connectivity index (χ4n) is 2.53. The van der Waals surface area contributed by atoms with E-state index in [0.29, 0.717) is 0 Å². The molecule has 0 unspecified atom stereocenters. The molecule has 0 aromatic heterocycles. The predicted molar refractivity (Wildman–Crippen MR) is 130 cm³/mol. The molecule has 150 valence electrons. The number of benzene rings is 3. The number of para-hydroxylation sites is 2. The van der Waals surface area contributed by atoms with Crippen LogP contribution in [0, 0.1) is 0 Å². The van der Waals surface area contributed by atoms with Gasteiger partial charge in [-0.25, -0.2) is 0 Å². The van der Waals surface area contributed by atoms with Crippen LogP contribution in [-0.2, 0) is 0 Å². The number of anilines is 3. The van der Waals surface area contributed by atoms with Gasteiger partial charge in [0, 0.05) is 17.1 Å². The average Bonchev–Trinajstić information content (AvgIpc) is 2.81. The van der Waals surface area contributed by atoms with E-state index in [-0.39, 0.29) is 0 Å². The Morgan fingerprint density at radius 1 is 0.500 bits per heavy atom. The van der Waals surface area contributed by atoms with Crippen LogP contribution in [0.5, 0.6) is 0 Å². The SMILES string of the molecule is CC.CC.CC.CC=Cc1ccc(N(c2ccccc2)c2ccccc2)cc1. The first kappa shape index (κ1) is 25.2. The van der Waals surface area contributed by atoms with E-state index < -0.39 is 0 Å². The van der Waals surface area contributed by atoms with E-state index in [2.05, 4.69) is 89.8 Å². The fraction of sp³-hybridized carbons (Fsp3) is 0.259. The number of nitrogens with zero attached hydrogens (tertiary/aromatic N) is 1. The van der Waals surface area contributed by atoms with Crippen LogP contribution in [0.15, 0.2) is 91.0 Å². The van der Waals surface area contributed by atoms with Crippen LogP contribution in [0.4, 0.5) is 17.1 Å². The number of rotatable bonds is 4. The molecule has 0 atom stereocenters. The zero-order valence-electron chi connectivity index (χ0n) is 18.7. The van der Waals surface area contributed by atoms with Crippen LogP contribution in [-0.4, -0.2) is 0 Å². The van der Waals surface area contributed by atoms with Crippen LogP contribution in [0.25, 0.3) is 6.08 Å². The smallest absolute Gasteiger partial charge is 0.0462 e. The summed E-state index contributed by atoms with van der Waals surface area (Å²) in [4.78, 5) is 2.26. The van der Waals surface area contributed by atoms with E-state index in [9.17, 15) is 0 Å². The van der Waals surface area contributed by atoms with Gasteiger partial charge in [0.25, 0.3) is 0 Å². The van der Waals surface area contributed by atoms with Crippen molar-refractivity contribution in [2.24, 2.45) is 0 Å². The summed E-state index contributed by atoms with van der Waals surface area (Å²) >= 11 is 0. The molecular weight excluding hydrogens is 338 g/mol. The molecule has 0 aliphatic rings. The molecule has 0 heterocycles. The molecule has 28 heavy (non-hydrogen) atoms. The standard InChI is InChI=1S/C21H19N.3C2H6/c1-2-9-18-14-16-21(17-15-18)22(19-10-5-3-6-11-19)20-12-7-4-8-13-20;3*1-2/h2-17H,1H3;3*1-2H3. The van der Waals surface area contributed by atoms with E-state index >= 15 is 0 Å². The van der Waals surface area contributed by atoms with Gasteiger partial charge in [0.05, 0.1) is 0 Å². The first-order chi connectivity index (χ1) is 13.9. The number of allylic oxidation sites excluding steroid dienone is 1. The van der Waals surface area contributed by atoms with Crippen molar-refractivity contribution in [1.29, 1.82) is 0 Å². The van der Waals surface area contributed by atoms with Gasteiger partial charge in [0.1, 0.15) is 0 Å². The van der Waals surface area contributed by atoms with Gasteiger partial charge in [-0.2, -0.15) is 0 Å². The zero-order chi connectivity index (χ0) is 21.2. The van der Waals surface area contributed by atoms with Crippen LogP contribution >= 0.6 is 0 Å². The van der Waals surface area contributed by atoms with Crippen molar-refractivity contribution >= 4 is 23.1 Å². The lowest BCUT2D eigenvalue weighted by atomic mass is 10.1. The minimum atomic E-state index is 1.16. The van der Waals surface area contributed by atoms with Crippen LogP contribution in [0.2, 0.25) is 0 Å². The number of hydrogen-bond donors (Lipinski definition) is 0. The van der Waals surface area contributed by atoms with Gasteiger partial charge in [-0.15, -0.1) is 0 Å². The van der Waals surface area contributed by atoms with Crippen molar-refractivity contribution < 1.29 is 0 Å². The zero-order valence-corrected chi connectivity index (χ0v) is 18.7. The topological polar surface area (TPSA) is 3.24 Å². The maximum atomic E-state index is 2.26. The van der Waals surface area contributed by atoms with Crippen molar-refractivity contribution in [2.45, 2.75) is 48.5 Å². The molecule has 0 radical (unpaired) electrons. The molecule has 0 amide bonds. The summed E-state index contributed by atoms with van der Waals surface area (Å²) in [6.45, 7) is 14.0. The Hall–Kier alpha value is -2.80. The minimum absolute atomic E-state index is 1.16. The van der Waals surface area contributed by atoms with E-state index in [1.54, 1.807) is 0 Å². The third kappa shape index (κ3) is 7.84. The molecule has 3 rings (SSSR count). The third-order valence-corrected chi connectivity index (χ3v) is 3.54. The van der Waals surface area contributed by atoms with Crippen molar-refractivity contribution in [1.82, 2.24) is 0 Å². The third-order valence-electron chi connectivity index (χ3n) is 3.54. The summed E-state index contributed by atoms with van der Waals surface area (Å²) in [7, 11) is 0. The Kier molecular flexibility index (Phi) is 14.7. The van der Waals surface area contributed by atoms with Gasteiger partial charge < -0.3 is 4.90 Å². The molecule has 3 aromatic carbocycles. The van der Waals surface area contributed by atoms with Gasteiger partial charge in [0.2, 0.25) is 0 Å². The van der Waals surface area contributed by atoms with Gasteiger partial charge in [-0.05, 0) is 48.9 Å². The Morgan fingerprint density at radius 3 is 1.21 bits per heavy atom. The molecule has 0 fully saturated rings. The van der Waals surface area contributed by atoms with E-state index in [1.165, 1.54) is 5.56 Å². The first-order valence-corrected chi connectivity index (χ1v) is 10.5. The largest absolute Gasteiger partial charge is 0.311 e.